The highest BCUT2D eigenvalue weighted by Crippen LogP contribution is 2.31. The molecule has 1 aliphatic rings. The number of sulfonamides is 1. The third-order valence-corrected chi connectivity index (χ3v) is 5.62. The molecule has 0 spiro atoms. The molecule has 26 heavy (non-hydrogen) atoms. The summed E-state index contributed by atoms with van der Waals surface area (Å²) in [7, 11) is -2.08. The second-order valence-electron chi connectivity index (χ2n) is 6.41. The topological polar surface area (TPSA) is 73.9 Å². The van der Waals surface area contributed by atoms with Crippen LogP contribution in [0, 0.1) is 0 Å². The van der Waals surface area contributed by atoms with Crippen LogP contribution in [0.5, 0.6) is 17.2 Å². The molecular formula is C19H23NO5S. The average Bonchev–Trinajstić information content (AvgIpc) is 2.65. The number of hydrogen-bond donors (Lipinski definition) is 1. The fraction of sp³-hybridized carbons (Fsp3) is 0.368. The molecule has 1 atom stereocenters. The normalized spacial score (nSPS) is 16.5. The van der Waals surface area contributed by atoms with Gasteiger partial charge in [-0.2, -0.15) is 0 Å². The monoisotopic (exact) mass is 377 g/mol. The molecule has 0 saturated heterocycles. The van der Waals surface area contributed by atoms with E-state index in [4.69, 9.17) is 14.2 Å². The number of benzene rings is 2. The average molecular weight is 377 g/mol. The second-order valence-corrected chi connectivity index (χ2v) is 8.17. The van der Waals surface area contributed by atoms with E-state index in [2.05, 4.69) is 4.72 Å². The number of methoxy groups -OCH3 is 1. The van der Waals surface area contributed by atoms with Crippen LogP contribution in [0.1, 0.15) is 25.3 Å². The van der Waals surface area contributed by atoms with Crippen LogP contribution < -0.4 is 18.9 Å². The highest BCUT2D eigenvalue weighted by Gasteiger charge is 2.24. The quantitative estimate of drug-likeness (QED) is 0.838. The van der Waals surface area contributed by atoms with Gasteiger partial charge < -0.3 is 14.2 Å². The van der Waals surface area contributed by atoms with E-state index < -0.39 is 10.0 Å². The number of nitrogens with one attached hydrogen (secondary N) is 1. The standard InChI is InChI=1S/C19H23NO5S/c1-13(2)16-10-15(8-9-17(16)23-3)26(21,22)20-11-14-12-24-18-6-4-5-7-19(18)25-14/h4-10,13-14,20H,11-12H2,1-3H3/t14-/m0/s1. The van der Waals surface area contributed by atoms with Crippen molar-refractivity contribution in [2.24, 2.45) is 0 Å². The molecule has 0 saturated carbocycles. The molecule has 1 N–H and O–H groups in total. The van der Waals surface area contributed by atoms with Gasteiger partial charge in [-0.25, -0.2) is 13.1 Å². The molecule has 0 aliphatic carbocycles. The Morgan fingerprint density at radius 1 is 1.19 bits per heavy atom. The Balaban J connectivity index is 1.71. The molecule has 0 radical (unpaired) electrons. The summed E-state index contributed by atoms with van der Waals surface area (Å²) in [6, 6.07) is 12.2. The minimum atomic E-state index is -3.66. The predicted molar refractivity (Wildman–Crippen MR) is 98.6 cm³/mol. The molecule has 0 bridgehead atoms. The Morgan fingerprint density at radius 2 is 1.92 bits per heavy atom. The van der Waals surface area contributed by atoms with E-state index in [1.54, 1.807) is 31.4 Å². The van der Waals surface area contributed by atoms with Crippen LogP contribution in [-0.2, 0) is 10.0 Å². The van der Waals surface area contributed by atoms with E-state index in [0.717, 1.165) is 5.56 Å². The van der Waals surface area contributed by atoms with Crippen LogP contribution >= 0.6 is 0 Å². The number of rotatable bonds is 6. The number of para-hydroxylation sites is 2. The lowest BCUT2D eigenvalue weighted by molar-refractivity contribution is 0.0943. The first kappa shape index (κ1) is 18.5. The SMILES string of the molecule is COc1ccc(S(=O)(=O)NC[C@H]2COc3ccccc3O2)cc1C(C)C. The molecular weight excluding hydrogens is 354 g/mol. The summed E-state index contributed by atoms with van der Waals surface area (Å²) in [5.41, 5.74) is 0.849. The zero-order valence-electron chi connectivity index (χ0n) is 15.1. The molecule has 140 valence electrons. The third kappa shape index (κ3) is 3.94. The molecule has 0 aromatic heterocycles. The van der Waals surface area contributed by atoms with Crippen molar-refractivity contribution < 1.29 is 22.6 Å². The summed E-state index contributed by atoms with van der Waals surface area (Å²) < 4.78 is 44.6. The Hall–Kier alpha value is -2.25. The Labute approximate surface area is 154 Å². The fourth-order valence-corrected chi connectivity index (χ4v) is 3.88. The number of hydrogen-bond acceptors (Lipinski definition) is 5. The lowest BCUT2D eigenvalue weighted by Gasteiger charge is -2.26. The highest BCUT2D eigenvalue weighted by molar-refractivity contribution is 7.89. The van der Waals surface area contributed by atoms with Gasteiger partial charge in [-0.3, -0.25) is 0 Å². The van der Waals surface area contributed by atoms with Crippen molar-refractivity contribution in [3.05, 3.63) is 48.0 Å². The van der Waals surface area contributed by atoms with Crippen molar-refractivity contribution in [3.63, 3.8) is 0 Å². The first-order chi connectivity index (χ1) is 12.4. The first-order valence-corrected chi connectivity index (χ1v) is 9.95. The van der Waals surface area contributed by atoms with Crippen molar-refractivity contribution in [3.8, 4) is 17.2 Å². The van der Waals surface area contributed by atoms with Gasteiger partial charge in [-0.05, 0) is 41.8 Å². The van der Waals surface area contributed by atoms with E-state index in [1.807, 2.05) is 32.0 Å². The van der Waals surface area contributed by atoms with Crippen molar-refractivity contribution in [2.45, 2.75) is 30.8 Å². The summed E-state index contributed by atoms with van der Waals surface area (Å²) in [4.78, 5) is 0.208. The van der Waals surface area contributed by atoms with E-state index in [1.165, 1.54) is 0 Å². The minimum Gasteiger partial charge on any atom is -0.496 e. The van der Waals surface area contributed by atoms with Gasteiger partial charge in [0.2, 0.25) is 10.0 Å². The van der Waals surface area contributed by atoms with Gasteiger partial charge >= 0.3 is 0 Å². The smallest absolute Gasteiger partial charge is 0.240 e. The van der Waals surface area contributed by atoms with Crippen molar-refractivity contribution >= 4 is 10.0 Å². The summed E-state index contributed by atoms with van der Waals surface area (Å²) >= 11 is 0. The summed E-state index contributed by atoms with van der Waals surface area (Å²) in [5, 5.41) is 0. The predicted octanol–water partition coefficient (Wildman–Crippen LogP) is 2.94. The largest absolute Gasteiger partial charge is 0.496 e. The van der Waals surface area contributed by atoms with Crippen LogP contribution in [0.2, 0.25) is 0 Å². The molecule has 6 nitrogen and oxygen atoms in total. The van der Waals surface area contributed by atoms with E-state index in [0.29, 0.717) is 23.9 Å². The van der Waals surface area contributed by atoms with E-state index >= 15 is 0 Å². The second kappa shape index (κ2) is 7.55. The molecule has 0 fully saturated rings. The fourth-order valence-electron chi connectivity index (χ4n) is 2.78. The summed E-state index contributed by atoms with van der Waals surface area (Å²) in [5.74, 6) is 2.11. The molecule has 2 aromatic carbocycles. The minimum absolute atomic E-state index is 0.125. The van der Waals surface area contributed by atoms with Gasteiger partial charge in [-0.1, -0.05) is 26.0 Å². The maximum Gasteiger partial charge on any atom is 0.240 e. The van der Waals surface area contributed by atoms with Gasteiger partial charge in [0.25, 0.3) is 0 Å². The van der Waals surface area contributed by atoms with Crippen LogP contribution in [0.4, 0.5) is 0 Å². The molecule has 1 heterocycles. The number of fused-ring (bicyclic) bond motifs is 1. The first-order valence-electron chi connectivity index (χ1n) is 8.47. The molecule has 3 rings (SSSR count). The Bertz CT molecular complexity index is 879. The van der Waals surface area contributed by atoms with Crippen molar-refractivity contribution in [2.75, 3.05) is 20.3 Å². The van der Waals surface area contributed by atoms with Crippen LogP contribution in [-0.4, -0.2) is 34.8 Å². The third-order valence-electron chi connectivity index (χ3n) is 4.20. The van der Waals surface area contributed by atoms with Gasteiger partial charge in [0.05, 0.1) is 18.6 Å². The van der Waals surface area contributed by atoms with Crippen molar-refractivity contribution in [1.82, 2.24) is 4.72 Å². The molecule has 0 unspecified atom stereocenters. The Kier molecular flexibility index (Phi) is 5.38. The Morgan fingerprint density at radius 3 is 2.62 bits per heavy atom. The van der Waals surface area contributed by atoms with Gasteiger partial charge in [0, 0.05) is 0 Å². The van der Waals surface area contributed by atoms with Crippen molar-refractivity contribution in [1.29, 1.82) is 0 Å². The van der Waals surface area contributed by atoms with Crippen LogP contribution in [0.15, 0.2) is 47.4 Å². The summed E-state index contributed by atoms with van der Waals surface area (Å²) in [6.45, 7) is 4.40. The lowest BCUT2D eigenvalue weighted by Crippen LogP contribution is -2.40. The van der Waals surface area contributed by atoms with Gasteiger partial charge in [0.1, 0.15) is 18.5 Å². The molecule has 7 heteroatoms. The maximum absolute atomic E-state index is 12.6. The van der Waals surface area contributed by atoms with Crippen LogP contribution in [0.3, 0.4) is 0 Å². The van der Waals surface area contributed by atoms with E-state index in [9.17, 15) is 8.42 Å². The van der Waals surface area contributed by atoms with E-state index in [-0.39, 0.29) is 23.5 Å². The molecule has 0 amide bonds. The van der Waals surface area contributed by atoms with Gasteiger partial charge in [0.15, 0.2) is 11.5 Å². The maximum atomic E-state index is 12.6. The zero-order chi connectivity index (χ0) is 18.7. The zero-order valence-corrected chi connectivity index (χ0v) is 15.9. The highest BCUT2D eigenvalue weighted by atomic mass is 32.2. The number of ether oxygens (including phenoxy) is 3. The summed E-state index contributed by atoms with van der Waals surface area (Å²) in [6.07, 6.45) is -0.387. The van der Waals surface area contributed by atoms with Gasteiger partial charge in [-0.15, -0.1) is 0 Å². The van der Waals surface area contributed by atoms with Crippen LogP contribution in [0.25, 0.3) is 0 Å². The lowest BCUT2D eigenvalue weighted by atomic mass is 10.0. The molecule has 1 aliphatic heterocycles. The molecule has 2 aromatic rings.